The highest BCUT2D eigenvalue weighted by Crippen LogP contribution is 2.42. The average molecular weight is 376 g/mol. The summed E-state index contributed by atoms with van der Waals surface area (Å²) in [6.07, 6.45) is -0.258. The first-order chi connectivity index (χ1) is 13.5. The van der Waals surface area contributed by atoms with Crippen LogP contribution in [0.3, 0.4) is 0 Å². The van der Waals surface area contributed by atoms with Gasteiger partial charge in [0, 0.05) is 34.2 Å². The molecular formula is C22H24N4O2. The molecule has 2 aromatic carbocycles. The first kappa shape index (κ1) is 18.4. The third-order valence-corrected chi connectivity index (χ3v) is 5.45. The largest absolute Gasteiger partial charge is 0.487 e. The molecule has 1 aliphatic rings. The zero-order valence-electron chi connectivity index (χ0n) is 16.6. The van der Waals surface area contributed by atoms with Crippen LogP contribution in [0.2, 0.25) is 0 Å². The lowest BCUT2D eigenvalue weighted by Crippen LogP contribution is -2.22. The van der Waals surface area contributed by atoms with Gasteiger partial charge in [0.2, 0.25) is 0 Å². The summed E-state index contributed by atoms with van der Waals surface area (Å²) in [5.41, 5.74) is 15.8. The van der Waals surface area contributed by atoms with Crippen LogP contribution in [0, 0.1) is 20.8 Å². The van der Waals surface area contributed by atoms with E-state index in [1.54, 1.807) is 7.11 Å². The number of hydrogen-bond donors (Lipinski definition) is 0. The Hall–Kier alpha value is -2.95. The number of aromatic nitrogens is 1. The second-order valence-electron chi connectivity index (χ2n) is 7.46. The summed E-state index contributed by atoms with van der Waals surface area (Å²) in [6, 6.07) is 12.1. The van der Waals surface area contributed by atoms with Crippen LogP contribution in [0.4, 0.5) is 0 Å². The Kier molecular flexibility index (Phi) is 4.75. The SMILES string of the molecule is COCc1c2n(c3ccccc13)C[C@@H](Oc1c(C)cc(C)cc1C)[C@@H]2N=[N+]=[N-]. The van der Waals surface area contributed by atoms with Crippen LogP contribution in [0.25, 0.3) is 21.3 Å². The predicted molar refractivity (Wildman–Crippen MR) is 110 cm³/mol. The molecule has 28 heavy (non-hydrogen) atoms. The smallest absolute Gasteiger partial charge is 0.131 e. The molecule has 0 spiro atoms. The van der Waals surface area contributed by atoms with Crippen molar-refractivity contribution in [3.8, 4) is 5.75 Å². The number of rotatable bonds is 5. The fraction of sp³-hybridized carbons (Fsp3) is 0.364. The Labute approximate surface area is 164 Å². The van der Waals surface area contributed by atoms with Crippen LogP contribution < -0.4 is 4.74 Å². The van der Waals surface area contributed by atoms with Gasteiger partial charge in [-0.2, -0.15) is 0 Å². The Morgan fingerprint density at radius 1 is 1.18 bits per heavy atom. The number of para-hydroxylation sites is 1. The van der Waals surface area contributed by atoms with E-state index in [4.69, 9.17) is 9.47 Å². The lowest BCUT2D eigenvalue weighted by Gasteiger charge is -2.21. The Morgan fingerprint density at radius 3 is 2.57 bits per heavy atom. The highest BCUT2D eigenvalue weighted by molar-refractivity contribution is 5.86. The zero-order chi connectivity index (χ0) is 19.8. The van der Waals surface area contributed by atoms with Gasteiger partial charge in [0.25, 0.3) is 0 Å². The van der Waals surface area contributed by atoms with E-state index in [9.17, 15) is 5.53 Å². The first-order valence-corrected chi connectivity index (χ1v) is 9.42. The normalized spacial score (nSPS) is 18.1. The summed E-state index contributed by atoms with van der Waals surface area (Å²) in [6.45, 7) is 7.29. The van der Waals surface area contributed by atoms with Gasteiger partial charge in [-0.25, -0.2) is 0 Å². The second-order valence-corrected chi connectivity index (χ2v) is 7.46. The molecule has 2 atom stereocenters. The summed E-state index contributed by atoms with van der Waals surface area (Å²) >= 11 is 0. The summed E-state index contributed by atoms with van der Waals surface area (Å²) in [7, 11) is 1.68. The molecule has 0 bridgehead atoms. The van der Waals surface area contributed by atoms with E-state index >= 15 is 0 Å². The van der Waals surface area contributed by atoms with Crippen molar-refractivity contribution in [3.05, 3.63) is 74.8 Å². The van der Waals surface area contributed by atoms with Gasteiger partial charge in [0.1, 0.15) is 17.9 Å². The third kappa shape index (κ3) is 2.91. The van der Waals surface area contributed by atoms with Crippen LogP contribution >= 0.6 is 0 Å². The second kappa shape index (κ2) is 7.23. The first-order valence-electron chi connectivity index (χ1n) is 9.42. The maximum Gasteiger partial charge on any atom is 0.131 e. The summed E-state index contributed by atoms with van der Waals surface area (Å²) < 4.78 is 14.1. The predicted octanol–water partition coefficient (Wildman–Crippen LogP) is 5.53. The lowest BCUT2D eigenvalue weighted by atomic mass is 10.0. The Morgan fingerprint density at radius 2 is 1.89 bits per heavy atom. The number of aryl methyl sites for hydroxylation is 3. The molecule has 0 fully saturated rings. The molecule has 0 radical (unpaired) electrons. The fourth-order valence-corrected chi connectivity index (χ4v) is 4.47. The Bertz CT molecular complexity index is 1070. The van der Waals surface area contributed by atoms with Crippen LogP contribution in [0.5, 0.6) is 5.75 Å². The van der Waals surface area contributed by atoms with E-state index in [1.165, 1.54) is 5.56 Å². The van der Waals surface area contributed by atoms with Crippen molar-refractivity contribution in [2.75, 3.05) is 7.11 Å². The van der Waals surface area contributed by atoms with Gasteiger partial charge in [0.15, 0.2) is 0 Å². The van der Waals surface area contributed by atoms with E-state index in [0.717, 1.165) is 39.0 Å². The number of hydrogen-bond acceptors (Lipinski definition) is 3. The van der Waals surface area contributed by atoms with Crippen LogP contribution in [-0.4, -0.2) is 17.8 Å². The van der Waals surface area contributed by atoms with Crippen molar-refractivity contribution in [1.29, 1.82) is 0 Å². The van der Waals surface area contributed by atoms with Crippen LogP contribution in [-0.2, 0) is 17.9 Å². The van der Waals surface area contributed by atoms with E-state index in [2.05, 4.69) is 59.6 Å². The number of ether oxygens (including phenoxy) is 2. The van der Waals surface area contributed by atoms with Gasteiger partial charge in [-0.05, 0) is 43.5 Å². The molecule has 0 amide bonds. The van der Waals surface area contributed by atoms with Gasteiger partial charge in [-0.15, -0.1) is 0 Å². The molecule has 2 heterocycles. The molecule has 144 valence electrons. The van der Waals surface area contributed by atoms with Crippen molar-refractivity contribution in [3.63, 3.8) is 0 Å². The molecular weight excluding hydrogens is 352 g/mol. The quantitative estimate of drug-likeness (QED) is 0.334. The van der Waals surface area contributed by atoms with E-state index in [0.29, 0.717) is 13.2 Å². The van der Waals surface area contributed by atoms with Crippen molar-refractivity contribution in [2.45, 2.75) is 46.1 Å². The van der Waals surface area contributed by atoms with Crippen LogP contribution in [0.1, 0.15) is 34.0 Å². The van der Waals surface area contributed by atoms with Crippen molar-refractivity contribution in [1.82, 2.24) is 4.57 Å². The molecule has 1 aliphatic heterocycles. The summed E-state index contributed by atoms with van der Waals surface area (Å²) in [5.74, 6) is 0.872. The van der Waals surface area contributed by atoms with E-state index in [-0.39, 0.29) is 6.10 Å². The molecule has 6 heteroatoms. The number of benzene rings is 2. The minimum absolute atomic E-state index is 0.258. The highest BCUT2D eigenvalue weighted by atomic mass is 16.5. The van der Waals surface area contributed by atoms with Gasteiger partial charge in [-0.1, -0.05) is 41.0 Å². The highest BCUT2D eigenvalue weighted by Gasteiger charge is 2.38. The fourth-order valence-electron chi connectivity index (χ4n) is 4.47. The minimum Gasteiger partial charge on any atom is -0.487 e. The summed E-state index contributed by atoms with van der Waals surface area (Å²) in [4.78, 5) is 3.13. The maximum absolute atomic E-state index is 9.24. The molecule has 6 nitrogen and oxygen atoms in total. The Balaban J connectivity index is 1.81. The number of fused-ring (bicyclic) bond motifs is 3. The summed E-state index contributed by atoms with van der Waals surface area (Å²) in [5, 5.41) is 5.27. The standard InChI is InChI=1S/C22H24N4O2/c1-13-9-14(2)22(15(3)10-13)28-19-11-26-18-8-6-5-7-16(18)17(12-27-4)21(26)20(19)24-25-23/h5-10,19-20H,11-12H2,1-4H3/t19-,20+/m1/s1. The number of azide groups is 1. The monoisotopic (exact) mass is 376 g/mol. The maximum atomic E-state index is 9.24. The number of nitrogens with zero attached hydrogens (tertiary/aromatic N) is 4. The number of methoxy groups -OCH3 is 1. The van der Waals surface area contributed by atoms with E-state index in [1.807, 2.05) is 12.1 Å². The zero-order valence-corrected chi connectivity index (χ0v) is 16.6. The molecule has 0 aliphatic carbocycles. The van der Waals surface area contributed by atoms with Crippen molar-refractivity contribution >= 4 is 10.9 Å². The van der Waals surface area contributed by atoms with Crippen molar-refractivity contribution < 1.29 is 9.47 Å². The molecule has 0 saturated heterocycles. The topological polar surface area (TPSA) is 72.2 Å². The molecule has 0 N–H and O–H groups in total. The molecule has 1 aromatic heterocycles. The lowest BCUT2D eigenvalue weighted by molar-refractivity contribution is 0.171. The molecule has 0 saturated carbocycles. The van der Waals surface area contributed by atoms with Crippen LogP contribution in [0.15, 0.2) is 41.5 Å². The van der Waals surface area contributed by atoms with Gasteiger partial charge in [-0.3, -0.25) is 0 Å². The van der Waals surface area contributed by atoms with Crippen molar-refractivity contribution in [2.24, 2.45) is 5.11 Å². The minimum atomic E-state index is -0.400. The molecule has 3 aromatic rings. The van der Waals surface area contributed by atoms with Gasteiger partial charge >= 0.3 is 0 Å². The van der Waals surface area contributed by atoms with Gasteiger partial charge in [0.05, 0.1) is 13.2 Å². The molecule has 4 rings (SSSR count). The third-order valence-electron chi connectivity index (χ3n) is 5.45. The molecule has 0 unspecified atom stereocenters. The average Bonchev–Trinajstić information content (AvgIpc) is 3.15. The van der Waals surface area contributed by atoms with E-state index < -0.39 is 6.04 Å². The van der Waals surface area contributed by atoms with Gasteiger partial charge < -0.3 is 14.0 Å².